The molecule has 0 aliphatic carbocycles. The van der Waals surface area contributed by atoms with Crippen LogP contribution in [0.1, 0.15) is 6.92 Å². The molecule has 110 valence electrons. The summed E-state index contributed by atoms with van der Waals surface area (Å²) in [4.78, 5) is 20.2. The maximum atomic E-state index is 11.9. The zero-order valence-electron chi connectivity index (χ0n) is 10.3. The van der Waals surface area contributed by atoms with Gasteiger partial charge in [0.15, 0.2) is 0 Å². The number of carbonyl (C=O) groups is 1. The molecule has 1 aromatic carbocycles. The number of carboxylic acid groups (broad SMARTS) is 1. The van der Waals surface area contributed by atoms with Crippen molar-refractivity contribution in [1.82, 2.24) is 4.72 Å². The first kappa shape index (κ1) is 16.0. The van der Waals surface area contributed by atoms with Crippen LogP contribution in [0.2, 0.25) is 0 Å². The monoisotopic (exact) mass is 304 g/mol. The highest BCUT2D eigenvalue weighted by molar-refractivity contribution is 7.89. The maximum Gasteiger partial charge on any atom is 0.324 e. The van der Waals surface area contributed by atoms with Crippen LogP contribution < -0.4 is 4.72 Å². The standard InChI is InChI=1S/C10H12N2O7S/c1-6(13)9(10(14)15)11-20(18,19)8-4-2-3-7(5-8)12(16)17/h2-6,9,11,13H,1H3,(H,14,15)/t6-,9+/m1/s1. The van der Waals surface area contributed by atoms with Crippen LogP contribution in [-0.4, -0.2) is 41.7 Å². The number of nitrogens with one attached hydrogen (secondary N) is 1. The number of carboxylic acids is 1. The van der Waals surface area contributed by atoms with Gasteiger partial charge >= 0.3 is 5.97 Å². The van der Waals surface area contributed by atoms with Crippen molar-refractivity contribution < 1.29 is 28.3 Å². The minimum Gasteiger partial charge on any atom is -0.480 e. The Balaban J connectivity index is 3.14. The van der Waals surface area contributed by atoms with Gasteiger partial charge in [-0.1, -0.05) is 6.07 Å². The first-order valence-corrected chi connectivity index (χ1v) is 6.81. The quantitative estimate of drug-likeness (QED) is 0.483. The Labute approximate surface area is 114 Å². The Morgan fingerprint density at radius 2 is 2.05 bits per heavy atom. The zero-order valence-corrected chi connectivity index (χ0v) is 11.1. The van der Waals surface area contributed by atoms with Crippen molar-refractivity contribution in [3.8, 4) is 0 Å². The van der Waals surface area contributed by atoms with E-state index in [2.05, 4.69) is 0 Å². The van der Waals surface area contributed by atoms with E-state index < -0.39 is 43.6 Å². The molecule has 0 amide bonds. The summed E-state index contributed by atoms with van der Waals surface area (Å²) in [5.74, 6) is -1.56. The van der Waals surface area contributed by atoms with E-state index >= 15 is 0 Å². The average molecular weight is 304 g/mol. The molecular weight excluding hydrogens is 292 g/mol. The first-order valence-electron chi connectivity index (χ1n) is 5.33. The molecule has 9 nitrogen and oxygen atoms in total. The van der Waals surface area contributed by atoms with E-state index in [4.69, 9.17) is 5.11 Å². The molecule has 0 bridgehead atoms. The number of hydrogen-bond donors (Lipinski definition) is 3. The van der Waals surface area contributed by atoms with E-state index in [1.54, 1.807) is 4.72 Å². The molecule has 2 atom stereocenters. The summed E-state index contributed by atoms with van der Waals surface area (Å²) in [5.41, 5.74) is -0.447. The number of nitrogens with zero attached hydrogens (tertiary/aromatic N) is 1. The Bertz CT molecular complexity index is 626. The van der Waals surface area contributed by atoms with E-state index in [1.165, 1.54) is 0 Å². The van der Waals surface area contributed by atoms with Gasteiger partial charge in [-0.15, -0.1) is 0 Å². The molecule has 0 saturated carbocycles. The zero-order chi connectivity index (χ0) is 15.5. The molecule has 1 rings (SSSR count). The van der Waals surface area contributed by atoms with Gasteiger partial charge in [-0.3, -0.25) is 14.9 Å². The van der Waals surface area contributed by atoms with Crippen LogP contribution in [0.15, 0.2) is 29.2 Å². The second-order valence-corrected chi connectivity index (χ2v) is 5.65. The van der Waals surface area contributed by atoms with Crippen molar-refractivity contribution in [3.63, 3.8) is 0 Å². The molecule has 3 N–H and O–H groups in total. The minimum atomic E-state index is -4.30. The van der Waals surface area contributed by atoms with Crippen LogP contribution in [0.3, 0.4) is 0 Å². The number of hydrogen-bond acceptors (Lipinski definition) is 6. The Morgan fingerprint density at radius 3 is 2.50 bits per heavy atom. The summed E-state index contributed by atoms with van der Waals surface area (Å²) in [5, 5.41) is 28.6. The van der Waals surface area contributed by atoms with Gasteiger partial charge in [0.2, 0.25) is 10.0 Å². The SMILES string of the molecule is C[C@@H](O)[C@H](NS(=O)(=O)c1cccc([N+](=O)[O-])c1)C(=O)O. The second kappa shape index (κ2) is 5.94. The van der Waals surface area contributed by atoms with E-state index in [-0.39, 0.29) is 0 Å². The Morgan fingerprint density at radius 1 is 1.45 bits per heavy atom. The van der Waals surface area contributed by atoms with E-state index in [1.807, 2.05) is 0 Å². The highest BCUT2D eigenvalue weighted by Gasteiger charge is 2.29. The van der Waals surface area contributed by atoms with Gasteiger partial charge in [0, 0.05) is 12.1 Å². The fourth-order valence-corrected chi connectivity index (χ4v) is 2.66. The van der Waals surface area contributed by atoms with Crippen LogP contribution >= 0.6 is 0 Å². The second-order valence-electron chi connectivity index (χ2n) is 3.93. The summed E-state index contributed by atoms with van der Waals surface area (Å²) < 4.78 is 25.6. The summed E-state index contributed by atoms with van der Waals surface area (Å²) in [6.45, 7) is 1.11. The van der Waals surface area contributed by atoms with Crippen molar-refractivity contribution in [3.05, 3.63) is 34.4 Å². The molecule has 0 aliphatic rings. The smallest absolute Gasteiger partial charge is 0.324 e. The Hall–Kier alpha value is -2.04. The topological polar surface area (TPSA) is 147 Å². The molecular formula is C10H12N2O7S. The van der Waals surface area contributed by atoms with Crippen LogP contribution in [0.25, 0.3) is 0 Å². The number of nitro benzene ring substituents is 1. The lowest BCUT2D eigenvalue weighted by Crippen LogP contribution is -2.47. The fraction of sp³-hybridized carbons (Fsp3) is 0.300. The summed E-state index contributed by atoms with van der Waals surface area (Å²) in [6.07, 6.45) is -1.47. The third kappa shape index (κ3) is 3.73. The third-order valence-corrected chi connectivity index (χ3v) is 3.81. The minimum absolute atomic E-state index is 0.447. The van der Waals surface area contributed by atoms with Crippen LogP contribution in [0.4, 0.5) is 5.69 Å². The van der Waals surface area contributed by atoms with Gasteiger partial charge in [0.25, 0.3) is 5.69 Å². The number of rotatable bonds is 6. The van der Waals surface area contributed by atoms with Gasteiger partial charge in [0.1, 0.15) is 6.04 Å². The number of benzene rings is 1. The fourth-order valence-electron chi connectivity index (χ4n) is 1.35. The van der Waals surface area contributed by atoms with Crippen molar-refractivity contribution in [1.29, 1.82) is 0 Å². The normalized spacial score (nSPS) is 14.5. The number of non-ortho nitro benzene ring substituents is 1. The van der Waals surface area contributed by atoms with Gasteiger partial charge in [-0.25, -0.2) is 8.42 Å². The van der Waals surface area contributed by atoms with E-state index in [0.717, 1.165) is 31.2 Å². The lowest BCUT2D eigenvalue weighted by molar-refractivity contribution is -0.385. The maximum absolute atomic E-state index is 11.9. The highest BCUT2D eigenvalue weighted by atomic mass is 32.2. The van der Waals surface area contributed by atoms with Gasteiger partial charge in [-0.05, 0) is 13.0 Å². The number of aliphatic hydroxyl groups is 1. The van der Waals surface area contributed by atoms with Gasteiger partial charge < -0.3 is 10.2 Å². The summed E-state index contributed by atoms with van der Waals surface area (Å²) >= 11 is 0. The molecule has 0 unspecified atom stereocenters. The van der Waals surface area contributed by atoms with Crippen molar-refractivity contribution in [2.75, 3.05) is 0 Å². The molecule has 0 aromatic heterocycles. The molecule has 0 fully saturated rings. The molecule has 10 heteroatoms. The van der Waals surface area contributed by atoms with Gasteiger partial charge in [-0.2, -0.15) is 4.72 Å². The number of aliphatic hydroxyl groups excluding tert-OH is 1. The van der Waals surface area contributed by atoms with Gasteiger partial charge in [0.05, 0.1) is 15.9 Å². The van der Waals surface area contributed by atoms with Crippen LogP contribution in [-0.2, 0) is 14.8 Å². The predicted octanol–water partition coefficient (Wildman–Crippen LogP) is -0.293. The predicted molar refractivity (Wildman–Crippen MR) is 66.5 cm³/mol. The third-order valence-electron chi connectivity index (χ3n) is 2.37. The molecule has 0 spiro atoms. The Kier molecular flexibility index (Phi) is 4.76. The largest absolute Gasteiger partial charge is 0.480 e. The van der Waals surface area contributed by atoms with E-state index in [9.17, 15) is 28.4 Å². The number of nitro groups is 1. The summed E-state index contributed by atoms with van der Waals surface area (Å²) in [7, 11) is -4.30. The molecule has 0 radical (unpaired) electrons. The number of sulfonamides is 1. The lowest BCUT2D eigenvalue weighted by atomic mass is 10.2. The molecule has 20 heavy (non-hydrogen) atoms. The summed E-state index contributed by atoms with van der Waals surface area (Å²) in [6, 6.07) is 2.38. The van der Waals surface area contributed by atoms with E-state index in [0.29, 0.717) is 0 Å². The highest BCUT2D eigenvalue weighted by Crippen LogP contribution is 2.17. The number of aliphatic carboxylic acids is 1. The molecule has 0 saturated heterocycles. The molecule has 0 heterocycles. The van der Waals surface area contributed by atoms with Crippen molar-refractivity contribution >= 4 is 21.7 Å². The van der Waals surface area contributed by atoms with Crippen LogP contribution in [0, 0.1) is 10.1 Å². The first-order chi connectivity index (χ1) is 9.15. The lowest BCUT2D eigenvalue weighted by Gasteiger charge is -2.17. The van der Waals surface area contributed by atoms with Crippen molar-refractivity contribution in [2.45, 2.75) is 24.0 Å². The molecule has 0 aliphatic heterocycles. The van der Waals surface area contributed by atoms with Crippen LogP contribution in [0.5, 0.6) is 0 Å². The molecule has 1 aromatic rings. The van der Waals surface area contributed by atoms with Crippen molar-refractivity contribution in [2.24, 2.45) is 0 Å². The average Bonchev–Trinajstić information content (AvgIpc) is 2.35.